The normalized spacial score (nSPS) is 11.8. The Morgan fingerprint density at radius 3 is 2.33 bits per heavy atom. The van der Waals surface area contributed by atoms with Crippen molar-refractivity contribution in [2.24, 2.45) is 0 Å². The lowest BCUT2D eigenvalue weighted by atomic mass is 9.98. The highest BCUT2D eigenvalue weighted by Crippen LogP contribution is 2.37. The SMILES string of the molecule is CC(Nc1c(Nc2ccc(O)c(-c3ncccc3-c3ccccc3)c2)c(=O)c1=O)c1cccc(O)c1. The standard InChI is InChI=1S/C29H23N3O4/c1-17(19-9-5-10-21(33)15-19)31-26-27(29(36)28(26)35)32-20-12-13-24(34)23(16-20)25-22(11-6-14-30-25)18-7-3-2-4-8-18/h2-17,31-34H,1H3. The van der Waals surface area contributed by atoms with Gasteiger partial charge in [0, 0.05) is 29.1 Å². The lowest BCUT2D eigenvalue weighted by molar-refractivity contribution is 0.474. The van der Waals surface area contributed by atoms with Gasteiger partial charge < -0.3 is 20.8 Å². The minimum atomic E-state index is -0.627. The number of aromatic hydroxyl groups is 2. The summed E-state index contributed by atoms with van der Waals surface area (Å²) in [6.07, 6.45) is 1.66. The van der Waals surface area contributed by atoms with Crippen LogP contribution in [0.1, 0.15) is 18.5 Å². The molecule has 0 radical (unpaired) electrons. The molecule has 178 valence electrons. The maximum absolute atomic E-state index is 12.4. The minimum Gasteiger partial charge on any atom is -0.508 e. The fourth-order valence-electron chi connectivity index (χ4n) is 4.16. The average Bonchev–Trinajstić information content (AvgIpc) is 2.91. The maximum Gasteiger partial charge on any atom is 0.253 e. The summed E-state index contributed by atoms with van der Waals surface area (Å²) in [4.78, 5) is 29.2. The second-order valence-electron chi connectivity index (χ2n) is 8.49. The van der Waals surface area contributed by atoms with Crippen LogP contribution < -0.4 is 21.5 Å². The predicted octanol–water partition coefficient (Wildman–Crippen LogP) is 5.34. The first kappa shape index (κ1) is 22.9. The molecule has 0 aliphatic carbocycles. The molecule has 1 unspecified atom stereocenters. The van der Waals surface area contributed by atoms with Crippen LogP contribution in [0.3, 0.4) is 0 Å². The van der Waals surface area contributed by atoms with Gasteiger partial charge in [0.1, 0.15) is 22.9 Å². The molecule has 5 rings (SSSR count). The number of anilines is 3. The monoisotopic (exact) mass is 477 g/mol. The molecule has 0 aliphatic rings. The number of hydrogen-bond donors (Lipinski definition) is 4. The lowest BCUT2D eigenvalue weighted by Crippen LogP contribution is -2.37. The zero-order valence-corrected chi connectivity index (χ0v) is 19.4. The van der Waals surface area contributed by atoms with E-state index < -0.39 is 10.9 Å². The maximum atomic E-state index is 12.4. The van der Waals surface area contributed by atoms with Gasteiger partial charge in [0.15, 0.2) is 0 Å². The molecule has 1 atom stereocenters. The molecule has 0 fully saturated rings. The number of nitrogens with zero attached hydrogens (tertiary/aromatic N) is 1. The van der Waals surface area contributed by atoms with Crippen LogP contribution in [0.4, 0.5) is 17.1 Å². The van der Waals surface area contributed by atoms with Crippen LogP contribution in [-0.2, 0) is 0 Å². The summed E-state index contributed by atoms with van der Waals surface area (Å²) in [6, 6.07) is 24.7. The van der Waals surface area contributed by atoms with E-state index in [1.165, 1.54) is 6.07 Å². The van der Waals surface area contributed by atoms with Crippen molar-refractivity contribution in [1.29, 1.82) is 0 Å². The first-order valence-electron chi connectivity index (χ1n) is 11.4. The molecule has 0 amide bonds. The zero-order valence-electron chi connectivity index (χ0n) is 19.4. The Morgan fingerprint density at radius 2 is 1.56 bits per heavy atom. The first-order chi connectivity index (χ1) is 17.4. The summed E-state index contributed by atoms with van der Waals surface area (Å²) in [7, 11) is 0. The Balaban J connectivity index is 1.46. The minimum absolute atomic E-state index is 0.0391. The van der Waals surface area contributed by atoms with Crippen LogP contribution in [0.15, 0.2) is 101 Å². The van der Waals surface area contributed by atoms with Crippen molar-refractivity contribution in [3.8, 4) is 33.9 Å². The van der Waals surface area contributed by atoms with E-state index in [0.29, 0.717) is 16.9 Å². The molecule has 0 spiro atoms. The van der Waals surface area contributed by atoms with Crippen molar-refractivity contribution in [2.75, 3.05) is 10.6 Å². The van der Waals surface area contributed by atoms with Crippen LogP contribution in [0.25, 0.3) is 22.4 Å². The number of phenolic OH excluding ortho intramolecular Hbond substituents is 2. The van der Waals surface area contributed by atoms with Crippen molar-refractivity contribution >= 4 is 17.1 Å². The molecule has 5 aromatic rings. The summed E-state index contributed by atoms with van der Waals surface area (Å²) in [5.41, 5.74) is 3.25. The van der Waals surface area contributed by atoms with Gasteiger partial charge in [-0.05, 0) is 54.4 Å². The molecule has 36 heavy (non-hydrogen) atoms. The zero-order chi connectivity index (χ0) is 25.2. The van der Waals surface area contributed by atoms with E-state index in [9.17, 15) is 19.8 Å². The third kappa shape index (κ3) is 4.30. The molecular weight excluding hydrogens is 454 g/mol. The molecule has 1 aromatic heterocycles. The van der Waals surface area contributed by atoms with E-state index in [2.05, 4.69) is 15.6 Å². The Morgan fingerprint density at radius 1 is 0.778 bits per heavy atom. The first-order valence-corrected chi connectivity index (χ1v) is 11.4. The second-order valence-corrected chi connectivity index (χ2v) is 8.49. The van der Waals surface area contributed by atoms with Crippen LogP contribution >= 0.6 is 0 Å². The number of aromatic nitrogens is 1. The molecule has 1 heterocycles. The van der Waals surface area contributed by atoms with Crippen LogP contribution in [-0.4, -0.2) is 15.2 Å². The van der Waals surface area contributed by atoms with Gasteiger partial charge in [-0.1, -0.05) is 48.5 Å². The molecule has 0 bridgehead atoms. The van der Waals surface area contributed by atoms with E-state index in [0.717, 1.165) is 16.7 Å². The highest BCUT2D eigenvalue weighted by Gasteiger charge is 2.23. The summed E-state index contributed by atoms with van der Waals surface area (Å²) in [6.45, 7) is 1.83. The fraction of sp³-hybridized carbons (Fsp3) is 0.0690. The third-order valence-corrected chi connectivity index (χ3v) is 6.05. The summed E-state index contributed by atoms with van der Waals surface area (Å²) >= 11 is 0. The van der Waals surface area contributed by atoms with Gasteiger partial charge >= 0.3 is 0 Å². The van der Waals surface area contributed by atoms with Gasteiger partial charge in [-0.15, -0.1) is 0 Å². The number of hydrogen-bond acceptors (Lipinski definition) is 7. The van der Waals surface area contributed by atoms with Gasteiger partial charge in [0.25, 0.3) is 10.9 Å². The van der Waals surface area contributed by atoms with Crippen molar-refractivity contribution in [3.05, 3.63) is 117 Å². The van der Waals surface area contributed by atoms with Crippen molar-refractivity contribution < 1.29 is 10.2 Å². The summed E-state index contributed by atoms with van der Waals surface area (Å²) in [5, 5.41) is 26.5. The number of nitrogens with one attached hydrogen (secondary N) is 2. The topological polar surface area (TPSA) is 112 Å². The Bertz CT molecular complexity index is 1620. The number of rotatable bonds is 7. The van der Waals surface area contributed by atoms with Gasteiger partial charge in [-0.25, -0.2) is 0 Å². The van der Waals surface area contributed by atoms with Crippen molar-refractivity contribution in [2.45, 2.75) is 13.0 Å². The van der Waals surface area contributed by atoms with Crippen LogP contribution in [0, 0.1) is 0 Å². The van der Waals surface area contributed by atoms with E-state index in [1.54, 1.807) is 36.5 Å². The summed E-state index contributed by atoms with van der Waals surface area (Å²) in [5.74, 6) is 0.155. The molecule has 0 saturated heterocycles. The lowest BCUT2D eigenvalue weighted by Gasteiger charge is -2.20. The van der Waals surface area contributed by atoms with Gasteiger partial charge in [0.2, 0.25) is 0 Å². The fourth-order valence-corrected chi connectivity index (χ4v) is 4.16. The number of phenols is 2. The van der Waals surface area contributed by atoms with Crippen molar-refractivity contribution in [3.63, 3.8) is 0 Å². The van der Waals surface area contributed by atoms with E-state index in [4.69, 9.17) is 0 Å². The quantitative estimate of drug-likeness (QED) is 0.185. The molecule has 4 aromatic carbocycles. The van der Waals surface area contributed by atoms with E-state index in [1.807, 2.05) is 55.5 Å². The Kier molecular flexibility index (Phi) is 5.96. The highest BCUT2D eigenvalue weighted by molar-refractivity contribution is 5.86. The largest absolute Gasteiger partial charge is 0.508 e. The van der Waals surface area contributed by atoms with Gasteiger partial charge in [-0.3, -0.25) is 14.6 Å². The molecule has 4 N–H and O–H groups in total. The second kappa shape index (κ2) is 9.38. The Labute approximate surface area is 207 Å². The third-order valence-electron chi connectivity index (χ3n) is 6.05. The number of pyridine rings is 1. The molecule has 7 nitrogen and oxygen atoms in total. The van der Waals surface area contributed by atoms with E-state index >= 15 is 0 Å². The average molecular weight is 478 g/mol. The predicted molar refractivity (Wildman–Crippen MR) is 142 cm³/mol. The summed E-state index contributed by atoms with van der Waals surface area (Å²) < 4.78 is 0. The molecule has 0 saturated carbocycles. The molecular formula is C29H23N3O4. The van der Waals surface area contributed by atoms with Crippen molar-refractivity contribution in [1.82, 2.24) is 4.98 Å². The van der Waals surface area contributed by atoms with Gasteiger partial charge in [-0.2, -0.15) is 0 Å². The van der Waals surface area contributed by atoms with E-state index in [-0.39, 0.29) is 28.9 Å². The smallest absolute Gasteiger partial charge is 0.253 e. The molecule has 0 aliphatic heterocycles. The van der Waals surface area contributed by atoms with Crippen LogP contribution in [0.5, 0.6) is 11.5 Å². The van der Waals surface area contributed by atoms with Gasteiger partial charge in [0.05, 0.1) is 5.69 Å². The highest BCUT2D eigenvalue weighted by atomic mass is 16.3. The number of benzene rings is 3. The molecule has 7 heteroatoms. The van der Waals surface area contributed by atoms with Crippen LogP contribution in [0.2, 0.25) is 0 Å². The Hall–Kier alpha value is -4.91.